The van der Waals surface area contributed by atoms with Crippen molar-refractivity contribution in [1.29, 1.82) is 0 Å². The fraction of sp³-hybridized carbons (Fsp3) is 0.0556. The SMILES string of the molecule is Cc1cc(N=Nc2ccc(SNc3ccccn3)cc2)ccc1O. The van der Waals surface area contributed by atoms with Crippen molar-refractivity contribution in [2.75, 3.05) is 4.72 Å². The van der Waals surface area contributed by atoms with Gasteiger partial charge in [0, 0.05) is 11.1 Å². The number of rotatable bonds is 5. The van der Waals surface area contributed by atoms with Gasteiger partial charge in [-0.1, -0.05) is 6.07 Å². The molecule has 3 rings (SSSR count). The van der Waals surface area contributed by atoms with E-state index in [4.69, 9.17) is 0 Å². The minimum Gasteiger partial charge on any atom is -0.508 e. The maximum absolute atomic E-state index is 9.51. The normalized spacial score (nSPS) is 10.9. The van der Waals surface area contributed by atoms with E-state index in [1.54, 1.807) is 24.4 Å². The number of aromatic nitrogens is 1. The van der Waals surface area contributed by atoms with E-state index in [9.17, 15) is 5.11 Å². The number of aromatic hydroxyl groups is 1. The average Bonchev–Trinajstić information content (AvgIpc) is 2.63. The Morgan fingerprint density at radius 1 is 0.958 bits per heavy atom. The lowest BCUT2D eigenvalue weighted by Crippen LogP contribution is -1.88. The second-order valence-corrected chi connectivity index (χ2v) is 5.96. The molecular weight excluding hydrogens is 320 g/mol. The summed E-state index contributed by atoms with van der Waals surface area (Å²) in [4.78, 5) is 5.26. The summed E-state index contributed by atoms with van der Waals surface area (Å²) < 4.78 is 3.18. The summed E-state index contributed by atoms with van der Waals surface area (Å²) in [6.07, 6.45) is 1.75. The molecule has 0 aliphatic carbocycles. The third-order valence-corrected chi connectivity index (χ3v) is 4.06. The van der Waals surface area contributed by atoms with Crippen molar-refractivity contribution in [2.45, 2.75) is 11.8 Å². The van der Waals surface area contributed by atoms with Gasteiger partial charge in [0.2, 0.25) is 0 Å². The predicted molar refractivity (Wildman–Crippen MR) is 97.2 cm³/mol. The topological polar surface area (TPSA) is 69.9 Å². The standard InChI is InChI=1S/C18H16N4OS/c1-13-12-15(7-10-17(13)23)21-20-14-5-8-16(9-6-14)24-22-18-4-2-3-11-19-18/h2-12,23H,1H3,(H,19,22). The van der Waals surface area contributed by atoms with Crippen LogP contribution in [0.15, 0.2) is 82.0 Å². The van der Waals surface area contributed by atoms with Gasteiger partial charge in [-0.2, -0.15) is 10.2 Å². The van der Waals surface area contributed by atoms with Crippen LogP contribution in [0.4, 0.5) is 17.2 Å². The number of phenolic OH excluding ortho intramolecular Hbond substituents is 1. The molecule has 0 amide bonds. The summed E-state index contributed by atoms with van der Waals surface area (Å²) in [7, 11) is 0. The van der Waals surface area contributed by atoms with E-state index in [1.165, 1.54) is 11.9 Å². The molecule has 5 nitrogen and oxygen atoms in total. The van der Waals surface area contributed by atoms with Gasteiger partial charge >= 0.3 is 0 Å². The van der Waals surface area contributed by atoms with Gasteiger partial charge in [-0.15, -0.1) is 0 Å². The molecule has 0 aliphatic rings. The van der Waals surface area contributed by atoms with Crippen molar-refractivity contribution in [3.05, 3.63) is 72.4 Å². The molecule has 0 bridgehead atoms. The Morgan fingerprint density at radius 3 is 2.42 bits per heavy atom. The number of hydrogen-bond acceptors (Lipinski definition) is 6. The summed E-state index contributed by atoms with van der Waals surface area (Å²) in [6.45, 7) is 1.83. The van der Waals surface area contributed by atoms with Crippen molar-refractivity contribution in [2.24, 2.45) is 10.2 Å². The van der Waals surface area contributed by atoms with Crippen LogP contribution in [0.5, 0.6) is 5.75 Å². The minimum absolute atomic E-state index is 0.260. The average molecular weight is 336 g/mol. The second-order valence-electron chi connectivity index (χ2n) is 5.08. The van der Waals surface area contributed by atoms with Crippen LogP contribution in [0.3, 0.4) is 0 Å². The Morgan fingerprint density at radius 2 is 1.71 bits per heavy atom. The van der Waals surface area contributed by atoms with Gasteiger partial charge in [0.1, 0.15) is 11.6 Å². The second kappa shape index (κ2) is 7.61. The largest absolute Gasteiger partial charge is 0.508 e. The summed E-state index contributed by atoms with van der Waals surface area (Å²) >= 11 is 1.49. The van der Waals surface area contributed by atoms with Crippen LogP contribution in [0, 0.1) is 6.92 Å². The first-order chi connectivity index (χ1) is 11.7. The van der Waals surface area contributed by atoms with E-state index in [2.05, 4.69) is 19.9 Å². The molecule has 0 saturated carbocycles. The number of nitrogens with zero attached hydrogens (tertiary/aromatic N) is 3. The molecule has 0 unspecified atom stereocenters. The van der Waals surface area contributed by atoms with E-state index in [0.29, 0.717) is 5.69 Å². The van der Waals surface area contributed by atoms with Crippen LogP contribution in [-0.2, 0) is 0 Å². The Hall–Kier alpha value is -2.86. The molecule has 2 aromatic carbocycles. The van der Waals surface area contributed by atoms with Gasteiger partial charge in [-0.05, 0) is 79.0 Å². The quantitative estimate of drug-likeness (QED) is 0.468. The number of benzene rings is 2. The molecular formula is C18H16N4OS. The van der Waals surface area contributed by atoms with Crippen LogP contribution < -0.4 is 4.72 Å². The number of hydrogen-bond donors (Lipinski definition) is 2. The highest BCUT2D eigenvalue weighted by molar-refractivity contribution is 8.00. The zero-order valence-corrected chi connectivity index (χ0v) is 13.9. The molecule has 120 valence electrons. The van der Waals surface area contributed by atoms with Crippen LogP contribution in [-0.4, -0.2) is 10.1 Å². The molecule has 3 aromatic rings. The van der Waals surface area contributed by atoms with Crippen molar-refractivity contribution in [3.8, 4) is 5.75 Å². The Labute approximate surface area is 144 Å². The fourth-order valence-electron chi connectivity index (χ4n) is 1.93. The van der Waals surface area contributed by atoms with Crippen molar-refractivity contribution in [1.82, 2.24) is 4.98 Å². The van der Waals surface area contributed by atoms with E-state index in [1.807, 2.05) is 49.4 Å². The molecule has 0 fully saturated rings. The Kier molecular flexibility index (Phi) is 5.08. The molecule has 6 heteroatoms. The lowest BCUT2D eigenvalue weighted by Gasteiger charge is -2.04. The first-order valence-electron chi connectivity index (χ1n) is 7.36. The van der Waals surface area contributed by atoms with Gasteiger partial charge in [-0.25, -0.2) is 4.98 Å². The summed E-state index contributed by atoms with van der Waals surface area (Å²) in [5.74, 6) is 1.07. The molecule has 0 atom stereocenters. The first-order valence-corrected chi connectivity index (χ1v) is 8.18. The summed E-state index contributed by atoms with van der Waals surface area (Å²) in [5.41, 5.74) is 2.25. The van der Waals surface area contributed by atoms with Gasteiger partial charge < -0.3 is 9.83 Å². The molecule has 0 radical (unpaired) electrons. The molecule has 24 heavy (non-hydrogen) atoms. The maximum Gasteiger partial charge on any atom is 0.136 e. The highest BCUT2D eigenvalue weighted by Gasteiger charge is 1.98. The Bertz CT molecular complexity index is 835. The minimum atomic E-state index is 0.260. The number of anilines is 1. The predicted octanol–water partition coefficient (Wildman–Crippen LogP) is 5.63. The third-order valence-electron chi connectivity index (χ3n) is 3.24. The molecule has 1 aromatic heterocycles. The van der Waals surface area contributed by atoms with Crippen LogP contribution in [0.25, 0.3) is 0 Å². The third kappa shape index (κ3) is 4.33. The molecule has 0 aliphatic heterocycles. The highest BCUT2D eigenvalue weighted by Crippen LogP contribution is 2.26. The molecule has 0 saturated heterocycles. The van der Waals surface area contributed by atoms with Crippen molar-refractivity contribution in [3.63, 3.8) is 0 Å². The van der Waals surface area contributed by atoms with Crippen LogP contribution in [0.1, 0.15) is 5.56 Å². The highest BCUT2D eigenvalue weighted by atomic mass is 32.2. The summed E-state index contributed by atoms with van der Waals surface area (Å²) in [5, 5.41) is 17.9. The zero-order chi connectivity index (χ0) is 16.8. The fourth-order valence-corrected chi connectivity index (χ4v) is 2.55. The number of azo groups is 1. The van der Waals surface area contributed by atoms with Gasteiger partial charge in [0.05, 0.1) is 11.4 Å². The monoisotopic (exact) mass is 336 g/mol. The molecule has 2 N–H and O–H groups in total. The lowest BCUT2D eigenvalue weighted by atomic mass is 10.2. The van der Waals surface area contributed by atoms with E-state index in [0.717, 1.165) is 22.0 Å². The van der Waals surface area contributed by atoms with Crippen LogP contribution >= 0.6 is 11.9 Å². The number of aryl methyl sites for hydroxylation is 1. The van der Waals surface area contributed by atoms with Crippen molar-refractivity contribution >= 4 is 29.1 Å². The van der Waals surface area contributed by atoms with E-state index >= 15 is 0 Å². The smallest absolute Gasteiger partial charge is 0.136 e. The maximum atomic E-state index is 9.51. The summed E-state index contributed by atoms with van der Waals surface area (Å²) in [6, 6.07) is 18.6. The van der Waals surface area contributed by atoms with Gasteiger partial charge in [0.25, 0.3) is 0 Å². The number of pyridine rings is 1. The van der Waals surface area contributed by atoms with Gasteiger partial charge in [-0.3, -0.25) is 0 Å². The zero-order valence-electron chi connectivity index (χ0n) is 13.0. The van der Waals surface area contributed by atoms with Crippen molar-refractivity contribution < 1.29 is 5.11 Å². The molecule has 0 spiro atoms. The lowest BCUT2D eigenvalue weighted by molar-refractivity contribution is 0.471. The van der Waals surface area contributed by atoms with Gasteiger partial charge in [0.15, 0.2) is 0 Å². The van der Waals surface area contributed by atoms with E-state index in [-0.39, 0.29) is 5.75 Å². The Balaban J connectivity index is 1.61. The first kappa shape index (κ1) is 16.0. The number of phenols is 1. The number of nitrogens with one attached hydrogen (secondary N) is 1. The van der Waals surface area contributed by atoms with Crippen LogP contribution in [0.2, 0.25) is 0 Å². The molecule has 1 heterocycles. The van der Waals surface area contributed by atoms with E-state index < -0.39 is 0 Å².